The highest BCUT2D eigenvalue weighted by Crippen LogP contribution is 2.19. The second-order valence-corrected chi connectivity index (χ2v) is 2.81. The number of hydrogen-bond acceptors (Lipinski definition) is 3. The zero-order valence-corrected chi connectivity index (χ0v) is 6.16. The maximum absolute atomic E-state index is 9.29. The smallest absolute Gasteiger partial charge is 0.0855 e. The van der Waals surface area contributed by atoms with Crippen molar-refractivity contribution in [3.05, 3.63) is 0 Å². The van der Waals surface area contributed by atoms with Crippen LogP contribution in [-0.4, -0.2) is 35.6 Å². The van der Waals surface area contributed by atoms with Gasteiger partial charge in [0.15, 0.2) is 0 Å². The molecule has 1 fully saturated rings. The molecule has 0 spiro atoms. The first-order valence-electron chi connectivity index (χ1n) is 3.66. The molecule has 3 heteroatoms. The van der Waals surface area contributed by atoms with Gasteiger partial charge in [0.2, 0.25) is 0 Å². The molecule has 3 atom stereocenters. The lowest BCUT2D eigenvalue weighted by atomic mass is 9.94. The van der Waals surface area contributed by atoms with E-state index in [1.54, 1.807) is 0 Å². The minimum Gasteiger partial charge on any atom is -0.394 e. The predicted octanol–water partition coefficient (Wildman–Crippen LogP) is -0.235. The molecule has 1 saturated heterocycles. The zero-order chi connectivity index (χ0) is 7.56. The van der Waals surface area contributed by atoms with Gasteiger partial charge in [0.05, 0.1) is 18.8 Å². The van der Waals surface area contributed by atoms with Gasteiger partial charge in [0.1, 0.15) is 0 Å². The fourth-order valence-corrected chi connectivity index (χ4v) is 1.22. The summed E-state index contributed by atoms with van der Waals surface area (Å²) < 4.78 is 5.20. The van der Waals surface area contributed by atoms with Gasteiger partial charge >= 0.3 is 0 Å². The average molecular weight is 146 g/mol. The van der Waals surface area contributed by atoms with Crippen molar-refractivity contribution in [3.8, 4) is 0 Å². The molecule has 1 heterocycles. The van der Waals surface area contributed by atoms with Crippen molar-refractivity contribution in [2.75, 3.05) is 13.2 Å². The van der Waals surface area contributed by atoms with Crippen LogP contribution >= 0.6 is 0 Å². The summed E-state index contributed by atoms with van der Waals surface area (Å²) in [5, 5.41) is 18.0. The Balaban J connectivity index is 2.42. The van der Waals surface area contributed by atoms with E-state index in [0.29, 0.717) is 13.0 Å². The van der Waals surface area contributed by atoms with E-state index in [1.165, 1.54) is 0 Å². The van der Waals surface area contributed by atoms with Crippen LogP contribution in [-0.2, 0) is 4.74 Å². The van der Waals surface area contributed by atoms with E-state index < -0.39 is 0 Å². The van der Waals surface area contributed by atoms with Gasteiger partial charge in [-0.15, -0.1) is 0 Å². The molecule has 1 rings (SSSR count). The van der Waals surface area contributed by atoms with Gasteiger partial charge in [0, 0.05) is 12.5 Å². The Morgan fingerprint density at radius 1 is 1.60 bits per heavy atom. The highest BCUT2D eigenvalue weighted by Gasteiger charge is 2.28. The Morgan fingerprint density at radius 2 is 2.30 bits per heavy atom. The monoisotopic (exact) mass is 146 g/mol. The molecule has 10 heavy (non-hydrogen) atoms. The van der Waals surface area contributed by atoms with Crippen molar-refractivity contribution in [1.29, 1.82) is 0 Å². The molecule has 0 aromatic heterocycles. The Hall–Kier alpha value is -0.120. The lowest BCUT2D eigenvalue weighted by Gasteiger charge is -2.31. The van der Waals surface area contributed by atoms with E-state index in [9.17, 15) is 5.11 Å². The Kier molecular flexibility index (Phi) is 2.65. The summed E-state index contributed by atoms with van der Waals surface area (Å²) in [6.07, 6.45) is 0.229. The number of aliphatic hydroxyl groups is 2. The summed E-state index contributed by atoms with van der Waals surface area (Å²) in [6, 6.07) is 0. The molecule has 0 aromatic rings. The summed E-state index contributed by atoms with van der Waals surface area (Å²) >= 11 is 0. The standard InChI is InChI=1S/C7H14O3/c1-5-6(9)2-3-10-7(5)4-8/h5-9H,2-4H2,1H3/t5-,6?,7?/m0/s1. The number of ether oxygens (including phenoxy) is 1. The molecule has 0 aliphatic carbocycles. The van der Waals surface area contributed by atoms with Crippen LogP contribution in [0, 0.1) is 5.92 Å². The molecule has 0 saturated carbocycles. The largest absolute Gasteiger partial charge is 0.394 e. The molecule has 0 bridgehead atoms. The lowest BCUT2D eigenvalue weighted by Crippen LogP contribution is -2.40. The van der Waals surface area contributed by atoms with Gasteiger partial charge in [-0.25, -0.2) is 0 Å². The third-order valence-electron chi connectivity index (χ3n) is 2.12. The zero-order valence-electron chi connectivity index (χ0n) is 6.16. The van der Waals surface area contributed by atoms with Crippen LogP contribution in [0.5, 0.6) is 0 Å². The van der Waals surface area contributed by atoms with Crippen LogP contribution in [0.2, 0.25) is 0 Å². The van der Waals surface area contributed by atoms with Crippen molar-refractivity contribution in [1.82, 2.24) is 0 Å². The molecule has 2 unspecified atom stereocenters. The molecule has 1 aliphatic heterocycles. The molecule has 2 N–H and O–H groups in total. The van der Waals surface area contributed by atoms with Crippen molar-refractivity contribution in [2.24, 2.45) is 5.92 Å². The van der Waals surface area contributed by atoms with Crippen molar-refractivity contribution in [3.63, 3.8) is 0 Å². The first-order valence-corrected chi connectivity index (χ1v) is 3.66. The third-order valence-corrected chi connectivity index (χ3v) is 2.12. The summed E-state index contributed by atoms with van der Waals surface area (Å²) in [6.45, 7) is 2.47. The average Bonchev–Trinajstić information content (AvgIpc) is 1.95. The van der Waals surface area contributed by atoms with E-state index in [4.69, 9.17) is 9.84 Å². The Morgan fingerprint density at radius 3 is 2.80 bits per heavy atom. The molecular weight excluding hydrogens is 132 g/mol. The maximum atomic E-state index is 9.29. The van der Waals surface area contributed by atoms with Crippen molar-refractivity contribution in [2.45, 2.75) is 25.6 Å². The SMILES string of the molecule is C[C@H]1C(O)CCOC1CO. The molecular formula is C7H14O3. The molecule has 60 valence electrons. The second kappa shape index (κ2) is 3.32. The van der Waals surface area contributed by atoms with E-state index >= 15 is 0 Å². The normalized spacial score (nSPS) is 41.7. The van der Waals surface area contributed by atoms with Gasteiger partial charge in [-0.3, -0.25) is 0 Å². The minimum atomic E-state index is -0.300. The van der Waals surface area contributed by atoms with Crippen molar-refractivity contribution >= 4 is 0 Å². The summed E-state index contributed by atoms with van der Waals surface area (Å²) in [5.74, 6) is 0.0683. The minimum absolute atomic E-state index is 0.0121. The fraction of sp³-hybridized carbons (Fsp3) is 1.00. The molecule has 3 nitrogen and oxygen atoms in total. The molecule has 0 radical (unpaired) electrons. The fourth-order valence-electron chi connectivity index (χ4n) is 1.22. The van der Waals surface area contributed by atoms with Gasteiger partial charge < -0.3 is 14.9 Å². The topological polar surface area (TPSA) is 49.7 Å². The summed E-state index contributed by atoms with van der Waals surface area (Å²) in [5.41, 5.74) is 0. The summed E-state index contributed by atoms with van der Waals surface area (Å²) in [4.78, 5) is 0. The van der Waals surface area contributed by atoms with Gasteiger partial charge in [-0.05, 0) is 6.42 Å². The quantitative estimate of drug-likeness (QED) is 0.537. The highest BCUT2D eigenvalue weighted by atomic mass is 16.5. The number of aliphatic hydroxyl groups excluding tert-OH is 2. The molecule has 1 aliphatic rings. The van der Waals surface area contributed by atoms with Crippen LogP contribution in [0.4, 0.5) is 0 Å². The van der Waals surface area contributed by atoms with Crippen LogP contribution in [0.3, 0.4) is 0 Å². The third kappa shape index (κ3) is 1.48. The first kappa shape index (κ1) is 7.98. The second-order valence-electron chi connectivity index (χ2n) is 2.81. The van der Waals surface area contributed by atoms with Gasteiger partial charge in [-0.1, -0.05) is 6.92 Å². The van der Waals surface area contributed by atoms with Crippen LogP contribution < -0.4 is 0 Å². The Bertz CT molecular complexity index is 105. The van der Waals surface area contributed by atoms with Crippen molar-refractivity contribution < 1.29 is 14.9 Å². The van der Waals surface area contributed by atoms with E-state index in [2.05, 4.69) is 0 Å². The van der Waals surface area contributed by atoms with Gasteiger partial charge in [0.25, 0.3) is 0 Å². The maximum Gasteiger partial charge on any atom is 0.0855 e. The first-order chi connectivity index (χ1) is 4.75. The van der Waals surface area contributed by atoms with E-state index in [0.717, 1.165) is 0 Å². The number of rotatable bonds is 1. The highest BCUT2D eigenvalue weighted by molar-refractivity contribution is 4.77. The summed E-state index contributed by atoms with van der Waals surface area (Å²) in [7, 11) is 0. The molecule has 0 amide bonds. The van der Waals surface area contributed by atoms with Crippen LogP contribution in [0.25, 0.3) is 0 Å². The van der Waals surface area contributed by atoms with Crippen LogP contribution in [0.1, 0.15) is 13.3 Å². The number of hydrogen-bond donors (Lipinski definition) is 2. The lowest BCUT2D eigenvalue weighted by molar-refractivity contribution is -0.103. The van der Waals surface area contributed by atoms with Crippen LogP contribution in [0.15, 0.2) is 0 Å². The van der Waals surface area contributed by atoms with E-state index in [-0.39, 0.29) is 24.7 Å². The van der Waals surface area contributed by atoms with Gasteiger partial charge in [-0.2, -0.15) is 0 Å². The Labute approximate surface area is 60.6 Å². The molecule has 0 aromatic carbocycles. The van der Waals surface area contributed by atoms with E-state index in [1.807, 2.05) is 6.92 Å². The predicted molar refractivity (Wildman–Crippen MR) is 36.6 cm³/mol.